The van der Waals surface area contributed by atoms with Gasteiger partial charge in [0.2, 0.25) is 0 Å². The fourth-order valence-corrected chi connectivity index (χ4v) is 2.29. The fourth-order valence-electron chi connectivity index (χ4n) is 1.89. The van der Waals surface area contributed by atoms with Crippen molar-refractivity contribution in [1.29, 1.82) is 0 Å². The first-order chi connectivity index (χ1) is 11.0. The molecule has 0 heterocycles. The van der Waals surface area contributed by atoms with Crippen molar-refractivity contribution < 1.29 is 19.1 Å². The van der Waals surface area contributed by atoms with Gasteiger partial charge in [0, 0.05) is 17.2 Å². The summed E-state index contributed by atoms with van der Waals surface area (Å²) in [5.41, 5.74) is 1.04. The summed E-state index contributed by atoms with van der Waals surface area (Å²) in [6.45, 7) is -0.339. The molecule has 0 aliphatic carbocycles. The van der Waals surface area contributed by atoms with E-state index in [1.54, 1.807) is 37.4 Å². The Balaban J connectivity index is 2.00. The summed E-state index contributed by atoms with van der Waals surface area (Å²) >= 11 is 3.28. The van der Waals surface area contributed by atoms with Crippen molar-refractivity contribution in [2.45, 2.75) is 0 Å². The van der Waals surface area contributed by atoms with Crippen LogP contribution in [0.3, 0.4) is 0 Å². The number of hydrogen-bond acceptors (Lipinski definition) is 4. The van der Waals surface area contributed by atoms with E-state index in [0.29, 0.717) is 15.8 Å². The van der Waals surface area contributed by atoms with Crippen LogP contribution in [0.4, 0.5) is 5.69 Å². The van der Waals surface area contributed by atoms with Crippen LogP contribution in [0.1, 0.15) is 10.4 Å². The average Bonchev–Trinajstić information content (AvgIpc) is 2.59. The van der Waals surface area contributed by atoms with Gasteiger partial charge in [-0.3, -0.25) is 4.79 Å². The summed E-state index contributed by atoms with van der Waals surface area (Å²) in [7, 11) is 3.14. The lowest BCUT2D eigenvalue weighted by Gasteiger charge is -2.17. The van der Waals surface area contributed by atoms with E-state index < -0.39 is 5.97 Å². The summed E-state index contributed by atoms with van der Waals surface area (Å²) in [6.07, 6.45) is 0. The lowest BCUT2D eigenvalue weighted by Crippen LogP contribution is -2.31. The van der Waals surface area contributed by atoms with Crippen LogP contribution in [0, 0.1) is 0 Å². The highest BCUT2D eigenvalue weighted by atomic mass is 79.9. The molecule has 2 aromatic rings. The minimum Gasteiger partial charge on any atom is -0.497 e. The van der Waals surface area contributed by atoms with Crippen molar-refractivity contribution in [2.24, 2.45) is 0 Å². The van der Waals surface area contributed by atoms with Gasteiger partial charge in [-0.15, -0.1) is 0 Å². The molecule has 0 N–H and O–H groups in total. The SMILES string of the molecule is COc1ccc(Br)c(C(=O)OCC(=O)N(C)c2ccccc2)c1. The number of rotatable bonds is 5. The third-order valence-electron chi connectivity index (χ3n) is 3.24. The molecule has 0 saturated heterocycles. The van der Waals surface area contributed by atoms with Crippen LogP contribution in [-0.2, 0) is 9.53 Å². The van der Waals surface area contributed by atoms with E-state index in [0.717, 1.165) is 5.69 Å². The molecular formula is C17H16BrNO4. The van der Waals surface area contributed by atoms with Crippen LogP contribution in [-0.4, -0.2) is 32.6 Å². The number of likely N-dealkylation sites (N-methyl/N-ethyl adjacent to an activating group) is 1. The molecule has 0 saturated carbocycles. The molecule has 0 atom stereocenters. The number of carbonyl (C=O) groups excluding carboxylic acids is 2. The van der Waals surface area contributed by atoms with Crippen molar-refractivity contribution in [3.8, 4) is 5.75 Å². The number of ether oxygens (including phenoxy) is 2. The minimum absolute atomic E-state index is 0.305. The number of methoxy groups -OCH3 is 1. The van der Waals surface area contributed by atoms with Gasteiger partial charge >= 0.3 is 5.97 Å². The molecule has 0 radical (unpaired) electrons. The van der Waals surface area contributed by atoms with Crippen LogP contribution < -0.4 is 9.64 Å². The summed E-state index contributed by atoms with van der Waals surface area (Å²) in [5.74, 6) is -0.373. The van der Waals surface area contributed by atoms with Crippen molar-refractivity contribution in [1.82, 2.24) is 0 Å². The van der Waals surface area contributed by atoms with Gasteiger partial charge in [0.05, 0.1) is 12.7 Å². The van der Waals surface area contributed by atoms with Crippen LogP contribution in [0.15, 0.2) is 53.0 Å². The van der Waals surface area contributed by atoms with Gasteiger partial charge < -0.3 is 14.4 Å². The second-order valence-electron chi connectivity index (χ2n) is 4.71. The normalized spacial score (nSPS) is 10.0. The maximum absolute atomic E-state index is 12.1. The molecule has 23 heavy (non-hydrogen) atoms. The third-order valence-corrected chi connectivity index (χ3v) is 3.93. The highest BCUT2D eigenvalue weighted by Gasteiger charge is 2.17. The van der Waals surface area contributed by atoms with Gasteiger partial charge in [0.15, 0.2) is 6.61 Å². The summed E-state index contributed by atoms with van der Waals surface area (Å²) in [6, 6.07) is 14.1. The Hall–Kier alpha value is -2.34. The van der Waals surface area contributed by atoms with E-state index in [9.17, 15) is 9.59 Å². The predicted octanol–water partition coefficient (Wildman–Crippen LogP) is 3.28. The zero-order chi connectivity index (χ0) is 16.8. The van der Waals surface area contributed by atoms with Crippen LogP contribution >= 0.6 is 15.9 Å². The van der Waals surface area contributed by atoms with Crippen molar-refractivity contribution >= 4 is 33.5 Å². The smallest absolute Gasteiger partial charge is 0.339 e. The highest BCUT2D eigenvalue weighted by molar-refractivity contribution is 9.10. The van der Waals surface area contributed by atoms with E-state index in [1.165, 1.54) is 12.0 Å². The van der Waals surface area contributed by atoms with Crippen LogP contribution in [0.25, 0.3) is 0 Å². The maximum Gasteiger partial charge on any atom is 0.339 e. The maximum atomic E-state index is 12.1. The molecule has 0 fully saturated rings. The minimum atomic E-state index is -0.592. The predicted molar refractivity (Wildman–Crippen MR) is 90.8 cm³/mol. The van der Waals surface area contributed by atoms with Gasteiger partial charge in [-0.05, 0) is 46.3 Å². The Morgan fingerprint density at radius 1 is 1.13 bits per heavy atom. The molecule has 1 amide bonds. The van der Waals surface area contributed by atoms with Crippen molar-refractivity contribution in [3.63, 3.8) is 0 Å². The molecule has 0 spiro atoms. The van der Waals surface area contributed by atoms with E-state index in [-0.39, 0.29) is 12.5 Å². The molecule has 6 heteroatoms. The number of benzene rings is 2. The number of amides is 1. The molecule has 0 aliphatic rings. The molecule has 0 unspecified atom stereocenters. The van der Waals surface area contributed by atoms with Gasteiger partial charge in [-0.25, -0.2) is 4.79 Å². The lowest BCUT2D eigenvalue weighted by molar-refractivity contribution is -0.121. The standard InChI is InChI=1S/C17H16BrNO4/c1-19(12-6-4-3-5-7-12)16(20)11-23-17(21)14-10-13(22-2)8-9-15(14)18/h3-10H,11H2,1-2H3. The molecule has 0 bridgehead atoms. The second-order valence-corrected chi connectivity index (χ2v) is 5.56. The number of esters is 1. The quantitative estimate of drug-likeness (QED) is 0.750. The fraction of sp³-hybridized carbons (Fsp3) is 0.176. The van der Waals surface area contributed by atoms with Gasteiger partial charge in [0.1, 0.15) is 5.75 Å². The van der Waals surface area contributed by atoms with E-state index in [4.69, 9.17) is 9.47 Å². The molecular weight excluding hydrogens is 362 g/mol. The number of anilines is 1. The molecule has 120 valence electrons. The molecule has 0 aliphatic heterocycles. The first-order valence-electron chi connectivity index (χ1n) is 6.85. The van der Waals surface area contributed by atoms with E-state index in [1.807, 2.05) is 18.2 Å². The third kappa shape index (κ3) is 4.32. The zero-order valence-electron chi connectivity index (χ0n) is 12.8. The largest absolute Gasteiger partial charge is 0.497 e. The topological polar surface area (TPSA) is 55.8 Å². The zero-order valence-corrected chi connectivity index (χ0v) is 14.4. The Morgan fingerprint density at radius 3 is 2.48 bits per heavy atom. The molecule has 2 aromatic carbocycles. The average molecular weight is 378 g/mol. The molecule has 5 nitrogen and oxygen atoms in total. The summed E-state index contributed by atoms with van der Waals surface area (Å²) in [5, 5.41) is 0. The summed E-state index contributed by atoms with van der Waals surface area (Å²) in [4.78, 5) is 25.7. The van der Waals surface area contributed by atoms with E-state index in [2.05, 4.69) is 15.9 Å². The van der Waals surface area contributed by atoms with Crippen molar-refractivity contribution in [2.75, 3.05) is 25.7 Å². The van der Waals surface area contributed by atoms with Gasteiger partial charge in [0.25, 0.3) is 5.91 Å². The number of hydrogen-bond donors (Lipinski definition) is 0. The number of para-hydroxylation sites is 1. The Kier molecular flexibility index (Phi) is 5.76. The monoisotopic (exact) mass is 377 g/mol. The first kappa shape index (κ1) is 17.0. The van der Waals surface area contributed by atoms with E-state index >= 15 is 0 Å². The van der Waals surface area contributed by atoms with Gasteiger partial charge in [-0.1, -0.05) is 18.2 Å². The molecule has 0 aromatic heterocycles. The lowest BCUT2D eigenvalue weighted by atomic mass is 10.2. The number of carbonyl (C=O) groups is 2. The van der Waals surface area contributed by atoms with Crippen LogP contribution in [0.2, 0.25) is 0 Å². The van der Waals surface area contributed by atoms with Crippen molar-refractivity contribution in [3.05, 3.63) is 58.6 Å². The number of nitrogens with zero attached hydrogens (tertiary/aromatic N) is 1. The molecule has 2 rings (SSSR count). The highest BCUT2D eigenvalue weighted by Crippen LogP contribution is 2.23. The van der Waals surface area contributed by atoms with Gasteiger partial charge in [-0.2, -0.15) is 0 Å². The first-order valence-corrected chi connectivity index (χ1v) is 7.64. The second kappa shape index (κ2) is 7.78. The Morgan fingerprint density at radius 2 is 1.83 bits per heavy atom. The number of halogens is 1. The summed E-state index contributed by atoms with van der Waals surface area (Å²) < 4.78 is 10.8. The van der Waals surface area contributed by atoms with Crippen LogP contribution in [0.5, 0.6) is 5.75 Å². The Labute approximate surface area is 142 Å². The Bertz CT molecular complexity index is 703.